The molecule has 4 heteroatoms. The van der Waals surface area contributed by atoms with Gasteiger partial charge >= 0.3 is 0 Å². The Balaban J connectivity index is 1.77. The topological polar surface area (TPSA) is 66.7 Å². The van der Waals surface area contributed by atoms with E-state index < -0.39 is 0 Å². The van der Waals surface area contributed by atoms with Crippen LogP contribution in [0, 0.1) is 0 Å². The van der Waals surface area contributed by atoms with Crippen molar-refractivity contribution in [1.82, 2.24) is 15.3 Å². The van der Waals surface area contributed by atoms with Crippen molar-refractivity contribution in [3.63, 3.8) is 0 Å². The zero-order valence-electron chi connectivity index (χ0n) is 11.5. The van der Waals surface area contributed by atoms with Gasteiger partial charge in [-0.15, -0.1) is 0 Å². The molecule has 4 N–H and O–H groups in total. The van der Waals surface area contributed by atoms with E-state index in [0.717, 1.165) is 49.2 Å². The fraction of sp³-hybridized carbons (Fsp3) is 0.312. The number of rotatable bonds is 6. The molecule has 0 fully saturated rings. The zero-order chi connectivity index (χ0) is 13.8. The maximum Gasteiger partial charge on any atom is 0.0651 e. The minimum Gasteiger partial charge on any atom is -0.353 e. The molecule has 0 spiro atoms. The summed E-state index contributed by atoms with van der Waals surface area (Å²) in [6, 6.07) is 10.5. The Morgan fingerprint density at radius 3 is 2.90 bits per heavy atom. The normalized spacial score (nSPS) is 11.4. The van der Waals surface area contributed by atoms with Gasteiger partial charge in [0.25, 0.3) is 0 Å². The molecule has 104 valence electrons. The summed E-state index contributed by atoms with van der Waals surface area (Å²) in [5.41, 5.74) is 8.82. The minimum atomic E-state index is 0.765. The second kappa shape index (κ2) is 6.03. The van der Waals surface area contributed by atoms with Gasteiger partial charge in [-0.05, 0) is 38.1 Å². The Hall–Kier alpha value is -1.91. The number of nitrogens with one attached hydrogen (secondary N) is 2. The Labute approximate surface area is 118 Å². The van der Waals surface area contributed by atoms with E-state index in [-0.39, 0.29) is 0 Å². The summed E-state index contributed by atoms with van der Waals surface area (Å²) in [7, 11) is 0. The van der Waals surface area contributed by atoms with Gasteiger partial charge < -0.3 is 16.0 Å². The number of unbranched alkanes of at least 4 members (excludes halogenated alkanes) is 1. The van der Waals surface area contributed by atoms with Crippen LogP contribution >= 0.6 is 0 Å². The highest BCUT2D eigenvalue weighted by molar-refractivity contribution is 6.06. The van der Waals surface area contributed by atoms with Crippen LogP contribution in [0.3, 0.4) is 0 Å². The molecule has 2 aromatic heterocycles. The summed E-state index contributed by atoms with van der Waals surface area (Å²) in [4.78, 5) is 7.89. The quantitative estimate of drug-likeness (QED) is 0.602. The molecule has 3 rings (SSSR count). The van der Waals surface area contributed by atoms with Crippen LogP contribution in [0.2, 0.25) is 0 Å². The van der Waals surface area contributed by atoms with Crippen LogP contribution in [0.5, 0.6) is 0 Å². The monoisotopic (exact) mass is 268 g/mol. The molecule has 0 amide bonds. The van der Waals surface area contributed by atoms with Crippen LogP contribution in [0.1, 0.15) is 18.5 Å². The number of nitrogens with zero attached hydrogens (tertiary/aromatic N) is 1. The first-order valence-corrected chi connectivity index (χ1v) is 7.14. The van der Waals surface area contributed by atoms with Gasteiger partial charge in [0.2, 0.25) is 0 Å². The van der Waals surface area contributed by atoms with Crippen LogP contribution in [-0.2, 0) is 6.54 Å². The summed E-state index contributed by atoms with van der Waals surface area (Å²) in [5.74, 6) is 0. The molecular weight excluding hydrogens is 248 g/mol. The third-order valence-corrected chi connectivity index (χ3v) is 3.56. The van der Waals surface area contributed by atoms with E-state index in [4.69, 9.17) is 5.73 Å². The molecule has 0 aliphatic rings. The number of fused-ring (bicyclic) bond motifs is 3. The summed E-state index contributed by atoms with van der Waals surface area (Å²) in [5, 5.41) is 5.92. The summed E-state index contributed by atoms with van der Waals surface area (Å²) in [6.45, 7) is 2.56. The fourth-order valence-corrected chi connectivity index (χ4v) is 2.50. The molecule has 0 saturated carbocycles. The molecule has 2 heterocycles. The first kappa shape index (κ1) is 13.1. The number of hydrogen-bond donors (Lipinski definition) is 3. The zero-order valence-corrected chi connectivity index (χ0v) is 11.5. The molecule has 0 aliphatic carbocycles. The SMILES string of the molecule is NCCCCNCc1cc2c(cn1)[nH]c1ccccc12. The van der Waals surface area contributed by atoms with E-state index in [0.29, 0.717) is 0 Å². The maximum atomic E-state index is 5.48. The van der Waals surface area contributed by atoms with Gasteiger partial charge in [-0.2, -0.15) is 0 Å². The van der Waals surface area contributed by atoms with Crippen LogP contribution in [0.25, 0.3) is 21.8 Å². The Morgan fingerprint density at radius 2 is 2.00 bits per heavy atom. The van der Waals surface area contributed by atoms with Crippen LogP contribution in [-0.4, -0.2) is 23.1 Å². The predicted molar refractivity (Wildman–Crippen MR) is 83.6 cm³/mol. The maximum absolute atomic E-state index is 5.48. The second-order valence-electron chi connectivity index (χ2n) is 5.06. The van der Waals surface area contributed by atoms with Crippen molar-refractivity contribution in [3.8, 4) is 0 Å². The highest BCUT2D eigenvalue weighted by Gasteiger charge is 2.05. The summed E-state index contributed by atoms with van der Waals surface area (Å²) < 4.78 is 0. The van der Waals surface area contributed by atoms with Crippen LogP contribution < -0.4 is 11.1 Å². The first-order valence-electron chi connectivity index (χ1n) is 7.14. The number of hydrogen-bond acceptors (Lipinski definition) is 3. The number of H-pyrrole nitrogens is 1. The lowest BCUT2D eigenvalue weighted by Crippen LogP contribution is -2.16. The van der Waals surface area contributed by atoms with E-state index in [2.05, 4.69) is 39.6 Å². The van der Waals surface area contributed by atoms with Crippen molar-refractivity contribution in [2.45, 2.75) is 19.4 Å². The van der Waals surface area contributed by atoms with E-state index in [1.165, 1.54) is 10.8 Å². The van der Waals surface area contributed by atoms with E-state index >= 15 is 0 Å². The van der Waals surface area contributed by atoms with Crippen molar-refractivity contribution in [2.24, 2.45) is 5.73 Å². The van der Waals surface area contributed by atoms with Gasteiger partial charge in [0.05, 0.1) is 17.4 Å². The smallest absolute Gasteiger partial charge is 0.0651 e. The number of nitrogens with two attached hydrogens (primary N) is 1. The van der Waals surface area contributed by atoms with Crippen molar-refractivity contribution < 1.29 is 0 Å². The van der Waals surface area contributed by atoms with Gasteiger partial charge in [0.15, 0.2) is 0 Å². The average Bonchev–Trinajstić information content (AvgIpc) is 2.85. The van der Waals surface area contributed by atoms with E-state index in [1.807, 2.05) is 12.3 Å². The molecule has 0 atom stereocenters. The van der Waals surface area contributed by atoms with Crippen molar-refractivity contribution in [1.29, 1.82) is 0 Å². The number of aromatic amines is 1. The van der Waals surface area contributed by atoms with Gasteiger partial charge in [-0.25, -0.2) is 0 Å². The highest BCUT2D eigenvalue weighted by atomic mass is 14.9. The molecule has 0 unspecified atom stereocenters. The third kappa shape index (κ3) is 2.66. The Morgan fingerprint density at radius 1 is 1.10 bits per heavy atom. The van der Waals surface area contributed by atoms with E-state index in [9.17, 15) is 0 Å². The Kier molecular flexibility index (Phi) is 3.95. The predicted octanol–water partition coefficient (Wildman–Crippen LogP) is 2.54. The van der Waals surface area contributed by atoms with Gasteiger partial charge in [-0.1, -0.05) is 18.2 Å². The lowest BCUT2D eigenvalue weighted by atomic mass is 10.1. The number of para-hydroxylation sites is 1. The number of aromatic nitrogens is 2. The van der Waals surface area contributed by atoms with Gasteiger partial charge in [0.1, 0.15) is 0 Å². The number of pyridine rings is 1. The summed E-state index contributed by atoms with van der Waals surface area (Å²) >= 11 is 0. The van der Waals surface area contributed by atoms with Gasteiger partial charge in [-0.3, -0.25) is 4.98 Å². The largest absolute Gasteiger partial charge is 0.353 e. The van der Waals surface area contributed by atoms with Gasteiger partial charge in [0, 0.05) is 22.8 Å². The van der Waals surface area contributed by atoms with Crippen molar-refractivity contribution in [2.75, 3.05) is 13.1 Å². The Bertz CT molecular complexity index is 702. The third-order valence-electron chi connectivity index (χ3n) is 3.56. The molecule has 1 aromatic carbocycles. The molecular formula is C16H20N4. The average molecular weight is 268 g/mol. The molecule has 20 heavy (non-hydrogen) atoms. The lowest BCUT2D eigenvalue weighted by Gasteiger charge is -2.04. The van der Waals surface area contributed by atoms with Crippen LogP contribution in [0.4, 0.5) is 0 Å². The first-order chi connectivity index (χ1) is 9.88. The molecule has 0 radical (unpaired) electrons. The standard InChI is InChI=1S/C16H20N4/c17-7-3-4-8-18-10-12-9-14-13-5-1-2-6-15(13)20-16(14)11-19-12/h1-2,5-6,9,11,18,20H,3-4,7-8,10,17H2. The van der Waals surface area contributed by atoms with Crippen molar-refractivity contribution in [3.05, 3.63) is 42.2 Å². The molecule has 0 aliphatic heterocycles. The highest BCUT2D eigenvalue weighted by Crippen LogP contribution is 2.24. The minimum absolute atomic E-state index is 0.765. The van der Waals surface area contributed by atoms with E-state index in [1.54, 1.807) is 0 Å². The summed E-state index contributed by atoms with van der Waals surface area (Å²) in [6.07, 6.45) is 4.11. The fourth-order valence-electron chi connectivity index (χ4n) is 2.50. The lowest BCUT2D eigenvalue weighted by molar-refractivity contribution is 0.621. The second-order valence-corrected chi connectivity index (χ2v) is 5.06. The molecule has 0 saturated heterocycles. The molecule has 3 aromatic rings. The number of benzene rings is 1. The van der Waals surface area contributed by atoms with Crippen molar-refractivity contribution >= 4 is 21.8 Å². The molecule has 4 nitrogen and oxygen atoms in total. The molecule has 0 bridgehead atoms. The van der Waals surface area contributed by atoms with Crippen LogP contribution in [0.15, 0.2) is 36.5 Å².